The highest BCUT2D eigenvalue weighted by molar-refractivity contribution is 5.79. The van der Waals surface area contributed by atoms with Crippen LogP contribution in [0.4, 0.5) is 0 Å². The van der Waals surface area contributed by atoms with E-state index in [4.69, 9.17) is 4.74 Å². The van der Waals surface area contributed by atoms with Crippen LogP contribution >= 0.6 is 0 Å². The highest BCUT2D eigenvalue weighted by Crippen LogP contribution is 2.25. The molecule has 1 heterocycles. The molecule has 1 fully saturated rings. The molecule has 1 aliphatic carbocycles. The molecule has 2 aromatic rings. The van der Waals surface area contributed by atoms with E-state index in [0.717, 1.165) is 6.42 Å². The van der Waals surface area contributed by atoms with Crippen LogP contribution in [-0.4, -0.2) is 34.7 Å². The van der Waals surface area contributed by atoms with Crippen LogP contribution < -0.4 is 10.9 Å². The van der Waals surface area contributed by atoms with E-state index in [1.807, 2.05) is 18.2 Å². The molecule has 0 bridgehead atoms. The van der Waals surface area contributed by atoms with Crippen LogP contribution in [0.3, 0.4) is 0 Å². The Kier molecular flexibility index (Phi) is 5.81. The largest absolute Gasteiger partial charge is 0.376 e. The Balaban J connectivity index is 1.51. The number of carbonyl (C=O) groups is 1. The van der Waals surface area contributed by atoms with Gasteiger partial charge in [-0.15, -0.1) is 0 Å². The number of rotatable bonds is 6. The lowest BCUT2D eigenvalue weighted by Gasteiger charge is -2.28. The summed E-state index contributed by atoms with van der Waals surface area (Å²) in [5, 5.41) is 2.83. The number of aromatic nitrogens is 2. The molecule has 1 aromatic carbocycles. The Hall–Kier alpha value is -2.21. The number of amides is 1. The fraction of sp³-hybridized carbons (Fsp3) is 0.526. The van der Waals surface area contributed by atoms with Gasteiger partial charge in [-0.05, 0) is 30.9 Å². The van der Waals surface area contributed by atoms with Gasteiger partial charge in [0, 0.05) is 6.54 Å². The molecule has 3 rings (SSSR count). The fourth-order valence-corrected chi connectivity index (χ4v) is 3.41. The molecule has 6 heteroatoms. The molecule has 1 saturated carbocycles. The topological polar surface area (TPSA) is 73.2 Å². The number of hydrogen-bond donors (Lipinski definition) is 1. The van der Waals surface area contributed by atoms with E-state index < -0.39 is 0 Å². The zero-order chi connectivity index (χ0) is 17.6. The van der Waals surface area contributed by atoms with E-state index in [-0.39, 0.29) is 18.0 Å². The SMILES string of the molecule is C[C@H]1CCCC[C@@H]1OCCNC(=O)Cn1c(=O)cnc2ccccc21. The summed E-state index contributed by atoms with van der Waals surface area (Å²) in [5.41, 5.74) is 1.09. The lowest BCUT2D eigenvalue weighted by Crippen LogP contribution is -2.35. The van der Waals surface area contributed by atoms with Crippen LogP contribution in [-0.2, 0) is 16.1 Å². The first kappa shape index (κ1) is 17.6. The third-order valence-electron chi connectivity index (χ3n) is 4.84. The van der Waals surface area contributed by atoms with Crippen LogP contribution in [0.5, 0.6) is 0 Å². The quantitative estimate of drug-likeness (QED) is 0.815. The van der Waals surface area contributed by atoms with Gasteiger partial charge in [0.1, 0.15) is 6.54 Å². The normalized spacial score (nSPS) is 20.5. The average molecular weight is 343 g/mol. The molecule has 134 valence electrons. The summed E-state index contributed by atoms with van der Waals surface area (Å²) in [6, 6.07) is 7.30. The van der Waals surface area contributed by atoms with Gasteiger partial charge in [0.25, 0.3) is 5.56 Å². The number of carbonyl (C=O) groups excluding carboxylic acids is 1. The van der Waals surface area contributed by atoms with Gasteiger partial charge in [0.2, 0.25) is 5.91 Å². The zero-order valence-electron chi connectivity index (χ0n) is 14.6. The van der Waals surface area contributed by atoms with Gasteiger partial charge in [-0.1, -0.05) is 31.9 Å². The molecule has 1 amide bonds. The zero-order valence-corrected chi connectivity index (χ0v) is 14.6. The summed E-state index contributed by atoms with van der Waals surface area (Å²) in [6.07, 6.45) is 6.38. The first-order valence-electron chi connectivity index (χ1n) is 8.98. The van der Waals surface area contributed by atoms with Crippen molar-refractivity contribution in [1.29, 1.82) is 0 Å². The maximum Gasteiger partial charge on any atom is 0.269 e. The molecular formula is C19H25N3O3. The first-order chi connectivity index (χ1) is 12.1. The lowest BCUT2D eigenvalue weighted by molar-refractivity contribution is -0.122. The van der Waals surface area contributed by atoms with Crippen molar-refractivity contribution >= 4 is 16.9 Å². The minimum Gasteiger partial charge on any atom is -0.376 e. The van der Waals surface area contributed by atoms with Crippen molar-refractivity contribution in [3.63, 3.8) is 0 Å². The predicted molar refractivity (Wildman–Crippen MR) is 96.4 cm³/mol. The van der Waals surface area contributed by atoms with Crippen molar-refractivity contribution in [2.45, 2.75) is 45.3 Å². The number of fused-ring (bicyclic) bond motifs is 1. The third kappa shape index (κ3) is 4.45. The summed E-state index contributed by atoms with van der Waals surface area (Å²) in [6.45, 7) is 3.18. The van der Waals surface area contributed by atoms with E-state index in [1.54, 1.807) is 6.07 Å². The number of nitrogens with one attached hydrogen (secondary N) is 1. The number of para-hydroxylation sites is 2. The number of nitrogens with zero attached hydrogens (tertiary/aromatic N) is 2. The minimum atomic E-state index is -0.277. The second kappa shape index (κ2) is 8.25. The molecule has 1 aromatic heterocycles. The van der Waals surface area contributed by atoms with Crippen molar-refractivity contribution in [3.8, 4) is 0 Å². The van der Waals surface area contributed by atoms with E-state index in [2.05, 4.69) is 17.2 Å². The van der Waals surface area contributed by atoms with Gasteiger partial charge in [-0.2, -0.15) is 0 Å². The molecule has 0 spiro atoms. The van der Waals surface area contributed by atoms with Crippen molar-refractivity contribution in [2.24, 2.45) is 5.92 Å². The van der Waals surface area contributed by atoms with Gasteiger partial charge < -0.3 is 10.1 Å². The monoisotopic (exact) mass is 343 g/mol. The molecule has 25 heavy (non-hydrogen) atoms. The van der Waals surface area contributed by atoms with Crippen molar-refractivity contribution in [3.05, 3.63) is 40.8 Å². The second-order valence-electron chi connectivity index (χ2n) is 6.69. The lowest BCUT2D eigenvalue weighted by atomic mass is 9.88. The van der Waals surface area contributed by atoms with Crippen LogP contribution in [0, 0.1) is 5.92 Å². The van der Waals surface area contributed by atoms with Gasteiger partial charge in [0.15, 0.2) is 0 Å². The number of hydrogen-bond acceptors (Lipinski definition) is 4. The van der Waals surface area contributed by atoms with E-state index >= 15 is 0 Å². The number of benzene rings is 1. The molecular weight excluding hydrogens is 318 g/mol. The maximum atomic E-state index is 12.2. The average Bonchev–Trinajstić information content (AvgIpc) is 2.62. The molecule has 0 unspecified atom stereocenters. The van der Waals surface area contributed by atoms with E-state index in [1.165, 1.54) is 30.0 Å². The molecule has 0 radical (unpaired) electrons. The van der Waals surface area contributed by atoms with Crippen LogP contribution in [0.1, 0.15) is 32.6 Å². The highest BCUT2D eigenvalue weighted by Gasteiger charge is 2.21. The summed E-state index contributed by atoms with van der Waals surface area (Å²) in [4.78, 5) is 28.3. The van der Waals surface area contributed by atoms with Gasteiger partial charge in [-0.25, -0.2) is 4.98 Å². The Labute approximate surface area is 147 Å². The highest BCUT2D eigenvalue weighted by atomic mass is 16.5. The molecule has 0 aliphatic heterocycles. The predicted octanol–water partition coefficient (Wildman–Crippen LogP) is 2.11. The van der Waals surface area contributed by atoms with Crippen LogP contribution in [0.25, 0.3) is 11.0 Å². The molecule has 0 saturated heterocycles. The van der Waals surface area contributed by atoms with E-state index in [9.17, 15) is 9.59 Å². The van der Waals surface area contributed by atoms with Gasteiger partial charge >= 0.3 is 0 Å². The molecule has 1 N–H and O–H groups in total. The Morgan fingerprint density at radius 2 is 2.12 bits per heavy atom. The van der Waals surface area contributed by atoms with Crippen molar-refractivity contribution < 1.29 is 9.53 Å². The van der Waals surface area contributed by atoms with Crippen molar-refractivity contribution in [2.75, 3.05) is 13.2 Å². The smallest absolute Gasteiger partial charge is 0.269 e. The Morgan fingerprint density at radius 3 is 2.96 bits per heavy atom. The van der Waals surface area contributed by atoms with Crippen LogP contribution in [0.2, 0.25) is 0 Å². The molecule has 2 atom stereocenters. The minimum absolute atomic E-state index is 0.0122. The Morgan fingerprint density at radius 1 is 1.32 bits per heavy atom. The number of ether oxygens (including phenoxy) is 1. The standard InChI is InChI=1S/C19H25N3O3/c1-14-6-2-5-9-17(14)25-11-10-20-18(23)13-22-16-8-4-3-7-15(16)21-12-19(22)24/h3-4,7-8,12,14,17H,2,5-6,9-11,13H2,1H3,(H,20,23)/t14-,17-/m0/s1. The molecule has 6 nitrogen and oxygen atoms in total. The van der Waals surface area contributed by atoms with Gasteiger partial charge in [-0.3, -0.25) is 14.2 Å². The fourth-order valence-electron chi connectivity index (χ4n) is 3.41. The summed E-state index contributed by atoms with van der Waals surface area (Å²) < 4.78 is 7.34. The summed E-state index contributed by atoms with van der Waals surface area (Å²) in [5.74, 6) is 0.393. The third-order valence-corrected chi connectivity index (χ3v) is 4.84. The van der Waals surface area contributed by atoms with E-state index in [0.29, 0.717) is 36.2 Å². The first-order valence-corrected chi connectivity index (χ1v) is 8.98. The van der Waals surface area contributed by atoms with Gasteiger partial charge in [0.05, 0.1) is 29.9 Å². The summed E-state index contributed by atoms with van der Waals surface area (Å²) in [7, 11) is 0. The molecule has 1 aliphatic rings. The summed E-state index contributed by atoms with van der Waals surface area (Å²) >= 11 is 0. The second-order valence-corrected chi connectivity index (χ2v) is 6.69. The van der Waals surface area contributed by atoms with Crippen LogP contribution in [0.15, 0.2) is 35.3 Å². The Bertz CT molecular complexity index is 787. The maximum absolute atomic E-state index is 12.2. The van der Waals surface area contributed by atoms with Crippen molar-refractivity contribution in [1.82, 2.24) is 14.9 Å².